The molecule has 4 heterocycles. The van der Waals surface area contributed by atoms with E-state index in [-0.39, 0.29) is 25.5 Å². The number of hydrogen-bond acceptors (Lipinski definition) is 4. The van der Waals surface area contributed by atoms with E-state index in [2.05, 4.69) is 118 Å². The molecule has 0 fully saturated rings. The van der Waals surface area contributed by atoms with E-state index >= 15 is 0 Å². The molecule has 0 aliphatic rings. The van der Waals surface area contributed by atoms with Crippen molar-refractivity contribution in [3.05, 3.63) is 143 Å². The molecule has 0 aliphatic carbocycles. The average molecular weight is 835 g/mol. The second-order valence-corrected chi connectivity index (χ2v) is 14.6. The molecule has 4 aromatic heterocycles. The van der Waals surface area contributed by atoms with Crippen LogP contribution in [0.5, 0.6) is 0 Å². The molecule has 0 saturated heterocycles. The van der Waals surface area contributed by atoms with Crippen molar-refractivity contribution in [2.45, 2.75) is 48.0 Å². The molecule has 0 saturated carbocycles. The number of rotatable bonds is 4. The first-order valence-corrected chi connectivity index (χ1v) is 17.2. The summed E-state index contributed by atoms with van der Waals surface area (Å²) in [6.07, 6.45) is 4.88. The van der Waals surface area contributed by atoms with Gasteiger partial charge < -0.3 is 14.4 Å². The Balaban J connectivity index is 0.000000250. The molecule has 3 nitrogen and oxygen atoms in total. The Hall–Kier alpha value is -4.41. The van der Waals surface area contributed by atoms with Gasteiger partial charge in [-0.25, -0.2) is 0 Å². The molecule has 0 spiro atoms. The molecule has 8 rings (SSSR count). The van der Waals surface area contributed by atoms with Crippen LogP contribution in [-0.2, 0) is 26.5 Å². The zero-order chi connectivity index (χ0) is 33.4. The summed E-state index contributed by atoms with van der Waals surface area (Å²) < 4.78 is 7.73. The van der Waals surface area contributed by atoms with Gasteiger partial charge in [-0.05, 0) is 88.6 Å². The van der Waals surface area contributed by atoms with Crippen molar-refractivity contribution < 1.29 is 24.5 Å². The van der Waals surface area contributed by atoms with Crippen LogP contribution in [0.25, 0.3) is 65.7 Å². The Bertz CT molecular complexity index is 2360. The summed E-state index contributed by atoms with van der Waals surface area (Å²) in [5.74, 6) is 0. The molecule has 1 radical (unpaired) electrons. The number of pyridine rings is 2. The predicted molar refractivity (Wildman–Crippen MR) is 202 cm³/mol. The van der Waals surface area contributed by atoms with Crippen molar-refractivity contribution in [2.75, 3.05) is 0 Å². The second-order valence-electron chi connectivity index (χ2n) is 13.7. The number of aromatic nitrogens is 2. The molecule has 5 heteroatoms. The van der Waals surface area contributed by atoms with Crippen LogP contribution in [-0.4, -0.2) is 9.97 Å². The minimum absolute atomic E-state index is 0. The van der Waals surface area contributed by atoms with Gasteiger partial charge in [0.25, 0.3) is 0 Å². The van der Waals surface area contributed by atoms with Gasteiger partial charge in [0.2, 0.25) is 0 Å². The fourth-order valence-electron chi connectivity index (χ4n) is 6.41. The molecule has 0 atom stereocenters. The molecule has 0 unspecified atom stereocenters. The van der Waals surface area contributed by atoms with Crippen molar-refractivity contribution in [1.29, 1.82) is 0 Å². The summed E-state index contributed by atoms with van der Waals surface area (Å²) in [4.78, 5) is 9.30. The monoisotopic (exact) mass is 835 g/mol. The van der Waals surface area contributed by atoms with Gasteiger partial charge in [-0.3, -0.25) is 0 Å². The maximum atomic E-state index is 6.54. The van der Waals surface area contributed by atoms with Crippen LogP contribution < -0.4 is 0 Å². The van der Waals surface area contributed by atoms with E-state index in [0.717, 1.165) is 50.9 Å². The Morgan fingerprint density at radius 3 is 2.22 bits per heavy atom. The third-order valence-corrected chi connectivity index (χ3v) is 9.56. The first kappa shape index (κ1) is 34.5. The first-order chi connectivity index (χ1) is 23.2. The van der Waals surface area contributed by atoms with E-state index < -0.39 is 0 Å². The van der Waals surface area contributed by atoms with Crippen LogP contribution in [0.2, 0.25) is 0 Å². The van der Waals surface area contributed by atoms with Crippen LogP contribution in [0.3, 0.4) is 0 Å². The zero-order valence-electron chi connectivity index (χ0n) is 28.6. The Kier molecular flexibility index (Phi) is 9.99. The number of thiophene rings is 1. The number of furan rings is 1. The fraction of sp³-hybridized carbons (Fsp3) is 0.182. The fourth-order valence-corrected chi connectivity index (χ4v) is 7.29. The van der Waals surface area contributed by atoms with Crippen molar-refractivity contribution in [2.24, 2.45) is 5.41 Å². The maximum Gasteiger partial charge on any atom is 0.138 e. The van der Waals surface area contributed by atoms with Crippen LogP contribution >= 0.6 is 11.3 Å². The average Bonchev–Trinajstić information content (AvgIpc) is 3.71. The normalized spacial score (nSPS) is 11.4. The van der Waals surface area contributed by atoms with Crippen LogP contribution in [0.4, 0.5) is 0 Å². The summed E-state index contributed by atoms with van der Waals surface area (Å²) in [5.41, 5.74) is 13.4. The Morgan fingerprint density at radius 1 is 0.735 bits per heavy atom. The molecular weight excluding hydrogens is 797 g/mol. The number of hydrogen-bond donors (Lipinski definition) is 0. The van der Waals surface area contributed by atoms with Crippen molar-refractivity contribution >= 4 is 43.4 Å². The number of benzene rings is 4. The van der Waals surface area contributed by atoms with Gasteiger partial charge in [0.05, 0.1) is 10.3 Å². The van der Waals surface area contributed by atoms with E-state index in [0.29, 0.717) is 0 Å². The smallest absolute Gasteiger partial charge is 0.138 e. The van der Waals surface area contributed by atoms with E-state index in [4.69, 9.17) is 9.40 Å². The number of nitrogens with zero attached hydrogens (tertiary/aromatic N) is 2. The largest absolute Gasteiger partial charge is 0.499 e. The summed E-state index contributed by atoms with van der Waals surface area (Å²) in [6.45, 7) is 13.3. The first-order valence-electron chi connectivity index (χ1n) is 16.3. The summed E-state index contributed by atoms with van der Waals surface area (Å²) in [6, 6.07) is 37.9. The summed E-state index contributed by atoms with van der Waals surface area (Å²) in [7, 11) is 0. The molecule has 4 aromatic carbocycles. The van der Waals surface area contributed by atoms with Crippen molar-refractivity contribution in [3.8, 4) is 33.6 Å². The molecule has 0 bridgehead atoms. The van der Waals surface area contributed by atoms with Gasteiger partial charge in [0, 0.05) is 43.4 Å². The maximum absolute atomic E-state index is 6.54. The van der Waals surface area contributed by atoms with Gasteiger partial charge in [-0.15, -0.1) is 65.4 Å². The molecular formula is C44H38IrN2OS-2. The predicted octanol–water partition coefficient (Wildman–Crippen LogP) is 12.4. The molecule has 8 aromatic rings. The SMILES string of the molecule is Cc1ccc(-c2[c-]cccc2)nc1.Cc1cccc(C)c1-c1cnc(-c2[c-]ccc3c2oc2c3ccc3ccsc32)cc1CC(C)(C)C.[Ir]. The molecule has 0 amide bonds. The van der Waals surface area contributed by atoms with Crippen LogP contribution in [0.1, 0.15) is 43.0 Å². The second kappa shape index (κ2) is 14.2. The third-order valence-electron chi connectivity index (χ3n) is 8.63. The molecule has 0 aliphatic heterocycles. The van der Waals surface area contributed by atoms with Crippen LogP contribution in [0, 0.1) is 38.3 Å². The zero-order valence-corrected chi connectivity index (χ0v) is 31.9. The van der Waals surface area contributed by atoms with Gasteiger partial charge in [0.1, 0.15) is 5.58 Å². The van der Waals surface area contributed by atoms with E-state index in [1.165, 1.54) is 43.5 Å². The Morgan fingerprint density at radius 2 is 1.51 bits per heavy atom. The molecule has 49 heavy (non-hydrogen) atoms. The van der Waals surface area contributed by atoms with Gasteiger partial charge in [-0.2, -0.15) is 0 Å². The topological polar surface area (TPSA) is 38.9 Å². The van der Waals surface area contributed by atoms with Crippen molar-refractivity contribution in [3.63, 3.8) is 0 Å². The van der Waals surface area contributed by atoms with Crippen LogP contribution in [0.15, 0.2) is 113 Å². The van der Waals surface area contributed by atoms with E-state index in [9.17, 15) is 0 Å². The summed E-state index contributed by atoms with van der Waals surface area (Å²) >= 11 is 1.73. The van der Waals surface area contributed by atoms with Crippen molar-refractivity contribution in [1.82, 2.24) is 9.97 Å². The standard InChI is InChI=1S/C32H28NOS.C12H10N.Ir/c1-19-8-6-9-20(2)28(19)26-18-33-27(16-22(26)17-32(3,4)5)25-11-7-10-23-24-13-12-21-14-15-35-31(21)30(24)34-29(23)25;1-10-7-8-12(13-9-10)11-5-3-2-4-6-11;/h6-10,12-16,18H,17H2,1-5H3;2-5,7-9H,1H3;/q2*-1;. The van der Waals surface area contributed by atoms with Gasteiger partial charge >= 0.3 is 0 Å². The molecule has 0 N–H and O–H groups in total. The number of aryl methyl sites for hydroxylation is 3. The van der Waals surface area contributed by atoms with Gasteiger partial charge in [-0.1, -0.05) is 80.3 Å². The minimum Gasteiger partial charge on any atom is -0.499 e. The Labute approximate surface area is 306 Å². The van der Waals surface area contributed by atoms with Gasteiger partial charge in [0.15, 0.2) is 0 Å². The minimum atomic E-state index is 0. The summed E-state index contributed by atoms with van der Waals surface area (Å²) in [5, 5.41) is 5.60. The molecule has 247 valence electrons. The quantitative estimate of drug-likeness (QED) is 0.166. The van der Waals surface area contributed by atoms with E-state index in [1.54, 1.807) is 11.3 Å². The third kappa shape index (κ3) is 7.16. The van der Waals surface area contributed by atoms with E-state index in [1.807, 2.05) is 49.5 Å². The number of fused-ring (bicyclic) bond motifs is 5.